The summed E-state index contributed by atoms with van der Waals surface area (Å²) in [5.41, 5.74) is 0.353. The number of hydrogen-bond acceptors (Lipinski definition) is 2. The highest BCUT2D eigenvalue weighted by molar-refractivity contribution is 5.78. The van der Waals surface area contributed by atoms with Crippen LogP contribution < -0.4 is 10.6 Å². The van der Waals surface area contributed by atoms with Crippen LogP contribution in [-0.4, -0.2) is 25.0 Å². The SMILES string of the molecule is CCC(C)NCC(=O)NCC1(C)CCCC1. The third-order valence-corrected chi connectivity index (χ3v) is 3.75. The Labute approximate surface area is 99.4 Å². The minimum absolute atomic E-state index is 0.133. The molecule has 1 atom stereocenters. The van der Waals surface area contributed by atoms with Crippen LogP contribution in [0.3, 0.4) is 0 Å². The molecule has 3 heteroatoms. The summed E-state index contributed by atoms with van der Waals surface area (Å²) >= 11 is 0. The number of amides is 1. The first-order valence-corrected chi connectivity index (χ1v) is 6.56. The summed E-state index contributed by atoms with van der Waals surface area (Å²) in [5.74, 6) is 0.133. The average molecular weight is 226 g/mol. The summed E-state index contributed by atoms with van der Waals surface area (Å²) < 4.78 is 0. The lowest BCUT2D eigenvalue weighted by Crippen LogP contribution is -2.41. The van der Waals surface area contributed by atoms with Gasteiger partial charge in [-0.25, -0.2) is 0 Å². The topological polar surface area (TPSA) is 41.1 Å². The van der Waals surface area contributed by atoms with E-state index in [1.807, 2.05) is 0 Å². The van der Waals surface area contributed by atoms with E-state index in [-0.39, 0.29) is 5.91 Å². The van der Waals surface area contributed by atoms with Gasteiger partial charge in [-0.1, -0.05) is 26.7 Å². The molecule has 94 valence electrons. The maximum atomic E-state index is 11.6. The molecule has 0 aromatic carbocycles. The van der Waals surface area contributed by atoms with Gasteiger partial charge in [-0.3, -0.25) is 4.79 Å². The maximum absolute atomic E-state index is 11.6. The van der Waals surface area contributed by atoms with E-state index >= 15 is 0 Å². The molecule has 1 saturated carbocycles. The van der Waals surface area contributed by atoms with Crippen LogP contribution in [-0.2, 0) is 4.79 Å². The third kappa shape index (κ3) is 4.52. The largest absolute Gasteiger partial charge is 0.354 e. The van der Waals surface area contributed by atoms with Gasteiger partial charge in [0.05, 0.1) is 6.54 Å². The molecule has 1 amide bonds. The molecular formula is C13H26N2O. The van der Waals surface area contributed by atoms with Gasteiger partial charge in [-0.15, -0.1) is 0 Å². The normalized spacial score (nSPS) is 20.7. The second kappa shape index (κ2) is 6.24. The molecule has 0 aromatic rings. The Morgan fingerprint density at radius 3 is 2.56 bits per heavy atom. The van der Waals surface area contributed by atoms with Crippen molar-refractivity contribution in [2.45, 2.75) is 58.9 Å². The van der Waals surface area contributed by atoms with Gasteiger partial charge in [0.2, 0.25) is 5.91 Å². The molecule has 1 rings (SSSR count). The van der Waals surface area contributed by atoms with Crippen molar-refractivity contribution in [1.82, 2.24) is 10.6 Å². The van der Waals surface area contributed by atoms with Gasteiger partial charge < -0.3 is 10.6 Å². The van der Waals surface area contributed by atoms with Crippen LogP contribution in [0.4, 0.5) is 0 Å². The van der Waals surface area contributed by atoms with Crippen molar-refractivity contribution < 1.29 is 4.79 Å². The fourth-order valence-corrected chi connectivity index (χ4v) is 2.19. The quantitative estimate of drug-likeness (QED) is 0.728. The van der Waals surface area contributed by atoms with Crippen molar-refractivity contribution in [3.63, 3.8) is 0 Å². The van der Waals surface area contributed by atoms with Crippen molar-refractivity contribution in [3.05, 3.63) is 0 Å². The fraction of sp³-hybridized carbons (Fsp3) is 0.923. The van der Waals surface area contributed by atoms with Crippen LogP contribution in [0.2, 0.25) is 0 Å². The minimum atomic E-state index is 0.133. The molecule has 0 saturated heterocycles. The van der Waals surface area contributed by atoms with Crippen LogP contribution in [0.1, 0.15) is 52.9 Å². The van der Waals surface area contributed by atoms with Crippen LogP contribution in [0.25, 0.3) is 0 Å². The van der Waals surface area contributed by atoms with E-state index in [0.29, 0.717) is 18.0 Å². The van der Waals surface area contributed by atoms with Crippen LogP contribution in [0.5, 0.6) is 0 Å². The van der Waals surface area contributed by atoms with Crippen LogP contribution in [0.15, 0.2) is 0 Å². The highest BCUT2D eigenvalue weighted by Gasteiger charge is 2.28. The Hall–Kier alpha value is -0.570. The smallest absolute Gasteiger partial charge is 0.233 e. The predicted octanol–water partition coefficient (Wildman–Crippen LogP) is 2.07. The van der Waals surface area contributed by atoms with E-state index < -0.39 is 0 Å². The lowest BCUT2D eigenvalue weighted by Gasteiger charge is -2.23. The summed E-state index contributed by atoms with van der Waals surface area (Å²) in [6.07, 6.45) is 6.21. The molecular weight excluding hydrogens is 200 g/mol. The lowest BCUT2D eigenvalue weighted by molar-refractivity contribution is -0.120. The zero-order chi connectivity index (χ0) is 12.0. The number of carbonyl (C=O) groups is 1. The highest BCUT2D eigenvalue weighted by atomic mass is 16.1. The van der Waals surface area contributed by atoms with E-state index in [9.17, 15) is 4.79 Å². The molecule has 0 aromatic heterocycles. The molecule has 0 aliphatic heterocycles. The molecule has 3 nitrogen and oxygen atoms in total. The molecule has 1 aliphatic carbocycles. The summed E-state index contributed by atoms with van der Waals surface area (Å²) in [7, 11) is 0. The summed E-state index contributed by atoms with van der Waals surface area (Å²) in [5, 5.41) is 6.25. The Morgan fingerprint density at radius 1 is 1.38 bits per heavy atom. The Bertz CT molecular complexity index is 222. The first kappa shape index (κ1) is 13.5. The molecule has 0 heterocycles. The van der Waals surface area contributed by atoms with Gasteiger partial charge in [0.15, 0.2) is 0 Å². The molecule has 0 bridgehead atoms. The number of carbonyl (C=O) groups excluding carboxylic acids is 1. The van der Waals surface area contributed by atoms with Crippen molar-refractivity contribution in [1.29, 1.82) is 0 Å². The number of nitrogens with one attached hydrogen (secondary N) is 2. The number of rotatable bonds is 6. The maximum Gasteiger partial charge on any atom is 0.233 e. The van der Waals surface area contributed by atoms with Gasteiger partial charge in [0.1, 0.15) is 0 Å². The molecule has 1 unspecified atom stereocenters. The van der Waals surface area contributed by atoms with Gasteiger partial charge in [0, 0.05) is 12.6 Å². The van der Waals surface area contributed by atoms with E-state index in [0.717, 1.165) is 13.0 Å². The molecule has 2 N–H and O–H groups in total. The fourth-order valence-electron chi connectivity index (χ4n) is 2.19. The van der Waals surface area contributed by atoms with Crippen LogP contribution in [0, 0.1) is 5.41 Å². The highest BCUT2D eigenvalue weighted by Crippen LogP contribution is 2.36. The molecule has 16 heavy (non-hydrogen) atoms. The van der Waals surface area contributed by atoms with Gasteiger partial charge in [-0.2, -0.15) is 0 Å². The first-order valence-electron chi connectivity index (χ1n) is 6.56. The predicted molar refractivity (Wildman–Crippen MR) is 67.3 cm³/mol. The van der Waals surface area contributed by atoms with Gasteiger partial charge in [0.25, 0.3) is 0 Å². The summed E-state index contributed by atoms with van der Waals surface area (Å²) in [4.78, 5) is 11.6. The second-order valence-electron chi connectivity index (χ2n) is 5.48. The zero-order valence-electron chi connectivity index (χ0n) is 10.9. The minimum Gasteiger partial charge on any atom is -0.354 e. The van der Waals surface area contributed by atoms with E-state index in [1.54, 1.807) is 0 Å². The zero-order valence-corrected chi connectivity index (χ0v) is 10.9. The van der Waals surface area contributed by atoms with E-state index in [1.165, 1.54) is 25.7 Å². The average Bonchev–Trinajstić information content (AvgIpc) is 2.71. The van der Waals surface area contributed by atoms with Crippen molar-refractivity contribution in [3.8, 4) is 0 Å². The van der Waals surface area contributed by atoms with Gasteiger partial charge in [-0.05, 0) is 31.6 Å². The molecule has 1 fully saturated rings. The van der Waals surface area contributed by atoms with Crippen molar-refractivity contribution in [2.24, 2.45) is 5.41 Å². The Balaban J connectivity index is 2.14. The monoisotopic (exact) mass is 226 g/mol. The lowest BCUT2D eigenvalue weighted by atomic mass is 9.89. The molecule has 0 radical (unpaired) electrons. The van der Waals surface area contributed by atoms with E-state index in [4.69, 9.17) is 0 Å². The van der Waals surface area contributed by atoms with Crippen molar-refractivity contribution >= 4 is 5.91 Å². The summed E-state index contributed by atoms with van der Waals surface area (Å²) in [6.45, 7) is 7.79. The third-order valence-electron chi connectivity index (χ3n) is 3.75. The van der Waals surface area contributed by atoms with Crippen LogP contribution >= 0.6 is 0 Å². The molecule has 0 spiro atoms. The van der Waals surface area contributed by atoms with Gasteiger partial charge >= 0.3 is 0 Å². The number of hydrogen-bond donors (Lipinski definition) is 2. The Kier molecular flexibility index (Phi) is 5.26. The molecule has 1 aliphatic rings. The van der Waals surface area contributed by atoms with Crippen molar-refractivity contribution in [2.75, 3.05) is 13.1 Å². The second-order valence-corrected chi connectivity index (χ2v) is 5.48. The van der Waals surface area contributed by atoms with E-state index in [2.05, 4.69) is 31.4 Å². The Morgan fingerprint density at radius 2 is 2.00 bits per heavy atom. The standard InChI is InChI=1S/C13H26N2O/c1-4-11(2)14-9-12(16)15-10-13(3)7-5-6-8-13/h11,14H,4-10H2,1-3H3,(H,15,16). The first-order chi connectivity index (χ1) is 7.56. The summed E-state index contributed by atoms with van der Waals surface area (Å²) in [6, 6.07) is 0.424.